The summed E-state index contributed by atoms with van der Waals surface area (Å²) in [5, 5.41) is 13.3. The van der Waals surface area contributed by atoms with Gasteiger partial charge in [0, 0.05) is 18.7 Å². The molecule has 0 radical (unpaired) electrons. The average molecular weight is 378 g/mol. The molecule has 6 nitrogen and oxygen atoms in total. The average Bonchev–Trinajstić information content (AvgIpc) is 2.63. The van der Waals surface area contributed by atoms with Gasteiger partial charge in [-0.15, -0.1) is 0 Å². The second kappa shape index (κ2) is 9.53. The Hall–Kier alpha value is -1.63. The second-order valence-electron chi connectivity index (χ2n) is 7.86. The first-order valence-corrected chi connectivity index (χ1v) is 10.0. The lowest BCUT2D eigenvalue weighted by atomic mass is 9.86. The van der Waals surface area contributed by atoms with E-state index in [4.69, 9.17) is 10.5 Å². The van der Waals surface area contributed by atoms with Crippen LogP contribution < -0.4 is 15.8 Å². The van der Waals surface area contributed by atoms with Gasteiger partial charge in [-0.05, 0) is 51.1 Å². The number of fused-ring (bicyclic) bond motifs is 1. The van der Waals surface area contributed by atoms with Gasteiger partial charge in [0.05, 0.1) is 12.5 Å². The molecule has 0 unspecified atom stereocenters. The smallest absolute Gasteiger partial charge is 0.224 e. The third-order valence-corrected chi connectivity index (χ3v) is 5.25. The lowest BCUT2D eigenvalue weighted by molar-refractivity contribution is -0.120. The lowest BCUT2D eigenvalue weighted by Gasteiger charge is -2.40. The molecular formula is C21H35N3O3. The predicted molar refractivity (Wildman–Crippen MR) is 108 cm³/mol. The number of rotatable bonds is 9. The third-order valence-electron chi connectivity index (χ3n) is 5.25. The van der Waals surface area contributed by atoms with Gasteiger partial charge in [0.25, 0.3) is 0 Å². The SMILES string of the molecule is CCCCN(CC)CCNC(=O)Cc1ccc2c(c1)[C@@H](N)[C@H](O)C(C)(C)O2. The number of hydrogen-bond donors (Lipinski definition) is 3. The lowest BCUT2D eigenvalue weighted by Crippen LogP contribution is -2.51. The van der Waals surface area contributed by atoms with Crippen LogP contribution in [-0.2, 0) is 11.2 Å². The fraction of sp³-hybridized carbons (Fsp3) is 0.667. The van der Waals surface area contributed by atoms with Gasteiger partial charge in [-0.3, -0.25) is 4.79 Å². The molecule has 4 N–H and O–H groups in total. The minimum Gasteiger partial charge on any atom is -0.485 e. The Kier molecular flexibility index (Phi) is 7.65. The van der Waals surface area contributed by atoms with Crippen LogP contribution in [0, 0.1) is 0 Å². The largest absolute Gasteiger partial charge is 0.485 e. The van der Waals surface area contributed by atoms with Crippen molar-refractivity contribution < 1.29 is 14.6 Å². The number of aliphatic hydroxyl groups excluding tert-OH is 1. The van der Waals surface area contributed by atoms with Crippen LogP contribution in [-0.4, -0.2) is 53.8 Å². The topological polar surface area (TPSA) is 87.8 Å². The fourth-order valence-corrected chi connectivity index (χ4v) is 3.42. The van der Waals surface area contributed by atoms with E-state index in [2.05, 4.69) is 24.1 Å². The van der Waals surface area contributed by atoms with Crippen molar-refractivity contribution in [2.45, 2.75) is 64.7 Å². The molecule has 6 heteroatoms. The van der Waals surface area contributed by atoms with Crippen LogP contribution in [0.15, 0.2) is 18.2 Å². The van der Waals surface area contributed by atoms with Gasteiger partial charge < -0.3 is 25.8 Å². The number of benzene rings is 1. The van der Waals surface area contributed by atoms with Gasteiger partial charge in [0.15, 0.2) is 0 Å². The van der Waals surface area contributed by atoms with E-state index in [1.807, 2.05) is 32.0 Å². The van der Waals surface area contributed by atoms with Crippen LogP contribution in [0.5, 0.6) is 5.75 Å². The number of likely N-dealkylation sites (N-methyl/N-ethyl adjacent to an activating group) is 1. The van der Waals surface area contributed by atoms with Crippen molar-refractivity contribution in [2.24, 2.45) is 5.73 Å². The normalized spacial score (nSPS) is 20.9. The van der Waals surface area contributed by atoms with Crippen LogP contribution in [0.25, 0.3) is 0 Å². The number of aliphatic hydroxyl groups is 1. The van der Waals surface area contributed by atoms with E-state index in [-0.39, 0.29) is 5.91 Å². The van der Waals surface area contributed by atoms with Gasteiger partial charge in [-0.25, -0.2) is 0 Å². The first kappa shape index (κ1) is 21.7. The Morgan fingerprint density at radius 3 is 2.74 bits per heavy atom. The Bertz CT molecular complexity index is 633. The highest BCUT2D eigenvalue weighted by Crippen LogP contribution is 2.38. The zero-order valence-corrected chi connectivity index (χ0v) is 17.1. The van der Waals surface area contributed by atoms with Crippen molar-refractivity contribution in [3.8, 4) is 5.75 Å². The number of nitrogens with two attached hydrogens (primary N) is 1. The van der Waals surface area contributed by atoms with E-state index in [0.29, 0.717) is 18.7 Å². The van der Waals surface area contributed by atoms with E-state index in [1.54, 1.807) is 0 Å². The maximum atomic E-state index is 12.3. The van der Waals surface area contributed by atoms with Crippen molar-refractivity contribution in [1.29, 1.82) is 0 Å². The van der Waals surface area contributed by atoms with Crippen molar-refractivity contribution in [1.82, 2.24) is 10.2 Å². The van der Waals surface area contributed by atoms with E-state index in [9.17, 15) is 9.90 Å². The molecule has 2 atom stereocenters. The third kappa shape index (κ3) is 5.67. The van der Waals surface area contributed by atoms with Crippen LogP contribution in [0.4, 0.5) is 0 Å². The summed E-state index contributed by atoms with van der Waals surface area (Å²) in [4.78, 5) is 14.6. The van der Waals surface area contributed by atoms with Crippen LogP contribution >= 0.6 is 0 Å². The summed E-state index contributed by atoms with van der Waals surface area (Å²) in [6, 6.07) is 5.08. The molecule has 0 bridgehead atoms. The van der Waals surface area contributed by atoms with Crippen LogP contribution in [0.2, 0.25) is 0 Å². The number of nitrogens with one attached hydrogen (secondary N) is 1. The summed E-state index contributed by atoms with van der Waals surface area (Å²) < 4.78 is 5.86. The molecule has 1 aromatic carbocycles. The summed E-state index contributed by atoms with van der Waals surface area (Å²) in [5.74, 6) is 0.671. The molecule has 1 amide bonds. The quantitative estimate of drug-likeness (QED) is 0.613. The molecule has 0 fully saturated rings. The zero-order chi connectivity index (χ0) is 20.0. The number of amides is 1. The molecule has 0 aliphatic carbocycles. The standard InChI is InChI=1S/C21H35N3O3/c1-5-7-11-24(6-2)12-10-23-18(25)14-15-8-9-17-16(13-15)19(22)20(26)21(3,4)27-17/h8-9,13,19-20,26H,5-7,10-12,14,22H2,1-4H3,(H,23,25)/t19-,20+/m1/s1. The Morgan fingerprint density at radius 1 is 1.33 bits per heavy atom. The summed E-state index contributed by atoms with van der Waals surface area (Å²) >= 11 is 0. The molecule has 0 aromatic heterocycles. The van der Waals surface area contributed by atoms with Gasteiger partial charge in [-0.1, -0.05) is 26.3 Å². The summed E-state index contributed by atoms with van der Waals surface area (Å²) in [6.07, 6.45) is 1.86. The highest BCUT2D eigenvalue weighted by atomic mass is 16.5. The molecule has 0 saturated heterocycles. The van der Waals surface area contributed by atoms with E-state index >= 15 is 0 Å². The Morgan fingerprint density at radius 2 is 2.07 bits per heavy atom. The predicted octanol–water partition coefficient (Wildman–Crippen LogP) is 2.00. The number of nitrogens with zero attached hydrogens (tertiary/aromatic N) is 1. The Labute approximate surface area is 163 Å². The molecule has 1 aliphatic heterocycles. The number of hydrogen-bond acceptors (Lipinski definition) is 5. The molecule has 1 aromatic rings. The van der Waals surface area contributed by atoms with Crippen molar-refractivity contribution in [3.63, 3.8) is 0 Å². The monoisotopic (exact) mass is 377 g/mol. The van der Waals surface area contributed by atoms with Crippen molar-refractivity contribution >= 4 is 5.91 Å². The van der Waals surface area contributed by atoms with Gasteiger partial charge in [0.1, 0.15) is 17.5 Å². The highest BCUT2D eigenvalue weighted by Gasteiger charge is 2.41. The zero-order valence-electron chi connectivity index (χ0n) is 17.1. The van der Waals surface area contributed by atoms with Crippen LogP contribution in [0.1, 0.15) is 57.7 Å². The summed E-state index contributed by atoms with van der Waals surface area (Å²) in [6.45, 7) is 11.6. The molecule has 0 spiro atoms. The fourth-order valence-electron chi connectivity index (χ4n) is 3.42. The van der Waals surface area contributed by atoms with Gasteiger partial charge in [-0.2, -0.15) is 0 Å². The summed E-state index contributed by atoms with van der Waals surface area (Å²) in [5.41, 5.74) is 7.09. The van der Waals surface area contributed by atoms with Crippen molar-refractivity contribution in [3.05, 3.63) is 29.3 Å². The van der Waals surface area contributed by atoms with Crippen molar-refractivity contribution in [2.75, 3.05) is 26.2 Å². The molecule has 1 heterocycles. The molecule has 0 saturated carbocycles. The number of carbonyl (C=O) groups is 1. The number of carbonyl (C=O) groups excluding carboxylic acids is 1. The molecule has 152 valence electrons. The van der Waals surface area contributed by atoms with Gasteiger partial charge >= 0.3 is 0 Å². The van der Waals surface area contributed by atoms with E-state index in [1.165, 1.54) is 12.8 Å². The van der Waals surface area contributed by atoms with Crippen LogP contribution in [0.3, 0.4) is 0 Å². The van der Waals surface area contributed by atoms with E-state index in [0.717, 1.165) is 30.8 Å². The number of ether oxygens (including phenoxy) is 1. The maximum absolute atomic E-state index is 12.3. The molecular weight excluding hydrogens is 342 g/mol. The number of unbranched alkanes of at least 4 members (excludes halogenated alkanes) is 1. The van der Waals surface area contributed by atoms with E-state index < -0.39 is 17.7 Å². The molecule has 2 rings (SSSR count). The highest BCUT2D eigenvalue weighted by molar-refractivity contribution is 5.78. The summed E-state index contributed by atoms with van der Waals surface area (Å²) in [7, 11) is 0. The van der Waals surface area contributed by atoms with Gasteiger partial charge in [0.2, 0.25) is 5.91 Å². The minimum atomic E-state index is -0.794. The maximum Gasteiger partial charge on any atom is 0.224 e. The molecule has 27 heavy (non-hydrogen) atoms. The first-order valence-electron chi connectivity index (χ1n) is 10.0. The first-order chi connectivity index (χ1) is 12.8. The minimum absolute atomic E-state index is 0.00679. The molecule has 1 aliphatic rings. The Balaban J connectivity index is 1.90. The second-order valence-corrected chi connectivity index (χ2v) is 7.86.